The Morgan fingerprint density at radius 3 is 1.12 bits per heavy atom. The third-order valence-electron chi connectivity index (χ3n) is 1.21. The quantitative estimate of drug-likeness (QED) is 0.486. The molecule has 0 aromatic heterocycles. The molecule has 11 heteroatoms. The fraction of sp³-hybridized carbons (Fsp3) is 1.00. The van der Waals surface area contributed by atoms with E-state index in [1.165, 1.54) is 0 Å². The molecule has 0 bridgehead atoms. The van der Waals surface area contributed by atoms with Gasteiger partial charge in [-0.2, -0.15) is 16.8 Å². The molecule has 0 rings (SSSR count). The summed E-state index contributed by atoms with van der Waals surface area (Å²) in [6.07, 6.45) is 0. The Morgan fingerprint density at radius 2 is 1.06 bits per heavy atom. The first-order chi connectivity index (χ1) is 7.24. The van der Waals surface area contributed by atoms with Gasteiger partial charge in [0.25, 0.3) is 20.2 Å². The molecule has 0 aromatic rings. The topological polar surface area (TPSA) is 134 Å². The molecule has 0 atom stereocenters. The van der Waals surface area contributed by atoms with Crippen LogP contribution in [0.2, 0.25) is 0 Å². The monoisotopic (exact) mass is 300 g/mol. The molecule has 2 N–H and O–H groups in total. The van der Waals surface area contributed by atoms with Gasteiger partial charge in [-0.25, -0.2) is 0 Å². The fourth-order valence-electron chi connectivity index (χ4n) is 0.417. The van der Waals surface area contributed by atoms with E-state index in [1.807, 2.05) is 0 Å². The van der Waals surface area contributed by atoms with Gasteiger partial charge in [0.2, 0.25) is 0 Å². The summed E-state index contributed by atoms with van der Waals surface area (Å²) in [5.41, 5.74) is 13.0. The summed E-state index contributed by atoms with van der Waals surface area (Å²) in [5.74, 6) is -0.438. The standard InChI is InChI=1S/2C3H8NO3S.Mg/c2*1-7-8(5,6)3-2-4;/h2*4H,2-3H2,1H3;/q2*-1;+2. The maximum absolute atomic E-state index is 10.3. The van der Waals surface area contributed by atoms with Gasteiger partial charge in [-0.05, 0) is 0 Å². The SMILES string of the molecule is COS(=O)(=O)CC[NH-].COS(=O)(=O)CC[NH-].[Mg+2]. The molecule has 17 heavy (non-hydrogen) atoms. The van der Waals surface area contributed by atoms with E-state index < -0.39 is 20.2 Å². The van der Waals surface area contributed by atoms with Crippen LogP contribution >= 0.6 is 0 Å². The van der Waals surface area contributed by atoms with Crippen LogP contribution in [-0.4, -0.2) is 78.7 Å². The molecule has 8 nitrogen and oxygen atoms in total. The van der Waals surface area contributed by atoms with Crippen LogP contribution in [0.15, 0.2) is 0 Å². The summed E-state index contributed by atoms with van der Waals surface area (Å²) in [6.45, 7) is -0.285. The van der Waals surface area contributed by atoms with Crippen molar-refractivity contribution in [2.45, 2.75) is 0 Å². The Hall–Kier alpha value is 0.506. The first-order valence-electron chi connectivity index (χ1n) is 4.10. The molecule has 0 spiro atoms. The van der Waals surface area contributed by atoms with Crippen LogP contribution in [0.25, 0.3) is 11.5 Å². The van der Waals surface area contributed by atoms with Crippen molar-refractivity contribution in [3.05, 3.63) is 11.5 Å². The second-order valence-electron chi connectivity index (χ2n) is 2.36. The molecule has 0 saturated heterocycles. The van der Waals surface area contributed by atoms with E-state index in [0.717, 1.165) is 14.2 Å². The molecule has 100 valence electrons. The van der Waals surface area contributed by atoms with Crippen LogP contribution in [-0.2, 0) is 28.6 Å². The fourth-order valence-corrected chi connectivity index (χ4v) is 1.25. The smallest absolute Gasteiger partial charge is 0.677 e. The molecule has 0 heterocycles. The van der Waals surface area contributed by atoms with Crippen molar-refractivity contribution in [3.63, 3.8) is 0 Å². The van der Waals surface area contributed by atoms with Crippen LogP contribution in [0.5, 0.6) is 0 Å². The van der Waals surface area contributed by atoms with E-state index in [9.17, 15) is 16.8 Å². The Balaban J connectivity index is -0.000000218. The van der Waals surface area contributed by atoms with Gasteiger partial charge in [0.15, 0.2) is 0 Å². The zero-order valence-corrected chi connectivity index (χ0v) is 12.8. The predicted octanol–water partition coefficient (Wildman–Crippen LogP) is -0.351. The van der Waals surface area contributed by atoms with E-state index in [1.54, 1.807) is 0 Å². The van der Waals surface area contributed by atoms with Gasteiger partial charge < -0.3 is 11.5 Å². The molecule has 0 radical (unpaired) electrons. The Morgan fingerprint density at radius 1 is 0.824 bits per heavy atom. The summed E-state index contributed by atoms with van der Waals surface area (Å²) in [6, 6.07) is 0. The zero-order valence-electron chi connectivity index (χ0n) is 9.80. The van der Waals surface area contributed by atoms with Gasteiger partial charge in [0.1, 0.15) is 0 Å². The summed E-state index contributed by atoms with van der Waals surface area (Å²) in [5, 5.41) is 0. The third kappa shape index (κ3) is 16.5. The molecular formula is C6H16MgN2O6S2. The van der Waals surface area contributed by atoms with E-state index in [0.29, 0.717) is 0 Å². The van der Waals surface area contributed by atoms with Crippen LogP contribution in [0.4, 0.5) is 0 Å². The van der Waals surface area contributed by atoms with E-state index in [2.05, 4.69) is 8.37 Å². The largest absolute Gasteiger partial charge is 2.00 e. The summed E-state index contributed by atoms with van der Waals surface area (Å²) in [7, 11) is -4.54. The van der Waals surface area contributed by atoms with Crippen molar-refractivity contribution in [1.82, 2.24) is 0 Å². The van der Waals surface area contributed by atoms with E-state index in [4.69, 9.17) is 11.5 Å². The summed E-state index contributed by atoms with van der Waals surface area (Å²) in [4.78, 5) is 0. The van der Waals surface area contributed by atoms with E-state index >= 15 is 0 Å². The van der Waals surface area contributed by atoms with Crippen LogP contribution in [0.3, 0.4) is 0 Å². The second kappa shape index (κ2) is 11.6. The third-order valence-corrected chi connectivity index (χ3v) is 3.64. The number of hydrogen-bond acceptors (Lipinski definition) is 6. The minimum absolute atomic E-state index is 0. The maximum atomic E-state index is 10.3. The Labute approximate surface area is 118 Å². The van der Waals surface area contributed by atoms with Crippen LogP contribution < -0.4 is 0 Å². The number of rotatable bonds is 6. The van der Waals surface area contributed by atoms with Crippen LogP contribution in [0, 0.1) is 0 Å². The minimum Gasteiger partial charge on any atom is -0.677 e. The van der Waals surface area contributed by atoms with Gasteiger partial charge in [0, 0.05) is 0 Å². The predicted molar refractivity (Wildman–Crippen MR) is 65.7 cm³/mol. The molecule has 0 aliphatic carbocycles. The van der Waals surface area contributed by atoms with Gasteiger partial charge >= 0.3 is 23.1 Å². The molecule has 0 aliphatic heterocycles. The minimum atomic E-state index is -3.36. The van der Waals surface area contributed by atoms with Crippen LogP contribution in [0.1, 0.15) is 0 Å². The van der Waals surface area contributed by atoms with Gasteiger partial charge in [-0.15, -0.1) is 13.1 Å². The molecule has 0 aromatic carbocycles. The molecular weight excluding hydrogens is 285 g/mol. The van der Waals surface area contributed by atoms with Crippen molar-refractivity contribution in [2.24, 2.45) is 0 Å². The second-order valence-corrected chi connectivity index (χ2v) is 6.07. The van der Waals surface area contributed by atoms with Crippen molar-refractivity contribution >= 4 is 43.3 Å². The van der Waals surface area contributed by atoms with Crippen molar-refractivity contribution in [1.29, 1.82) is 0 Å². The molecule has 0 amide bonds. The number of nitrogens with one attached hydrogen (secondary N) is 2. The van der Waals surface area contributed by atoms with Gasteiger partial charge in [-0.1, -0.05) is 0 Å². The van der Waals surface area contributed by atoms with Crippen molar-refractivity contribution in [3.8, 4) is 0 Å². The van der Waals surface area contributed by atoms with E-state index in [-0.39, 0.29) is 47.6 Å². The Bertz CT molecular complexity index is 319. The van der Waals surface area contributed by atoms with Gasteiger partial charge in [-0.3, -0.25) is 8.37 Å². The zero-order chi connectivity index (χ0) is 13.2. The first kappa shape index (κ1) is 22.7. The normalized spacial score (nSPS) is 11.1. The van der Waals surface area contributed by atoms with Crippen molar-refractivity contribution in [2.75, 3.05) is 38.8 Å². The van der Waals surface area contributed by atoms with Gasteiger partial charge in [0.05, 0.1) is 25.7 Å². The molecule has 0 fully saturated rings. The maximum Gasteiger partial charge on any atom is 2.00 e. The summed E-state index contributed by atoms with van der Waals surface area (Å²) < 4.78 is 49.1. The van der Waals surface area contributed by atoms with Crippen molar-refractivity contribution < 1.29 is 25.2 Å². The average molecular weight is 301 g/mol. The Kier molecular flexibility index (Phi) is 15.5. The average Bonchev–Trinajstić information content (AvgIpc) is 2.19. The molecule has 0 aliphatic rings. The molecule has 0 unspecified atom stereocenters. The first-order valence-corrected chi connectivity index (χ1v) is 7.26. The summed E-state index contributed by atoms with van der Waals surface area (Å²) >= 11 is 0. The molecule has 0 saturated carbocycles. The number of hydrogen-bond donors (Lipinski definition) is 0.